The van der Waals surface area contributed by atoms with Crippen molar-refractivity contribution >= 4 is 46.6 Å². The van der Waals surface area contributed by atoms with Crippen molar-refractivity contribution in [2.24, 2.45) is 5.92 Å². The molecule has 5 rings (SSSR count). The number of aromatic amines is 1. The van der Waals surface area contributed by atoms with Crippen LogP contribution in [0.1, 0.15) is 82.7 Å². The number of H-pyrrole nitrogens is 1. The number of aromatic nitrogens is 2. The average molecular weight is 753 g/mol. The number of carbonyl (C=O) groups excluding carboxylic acids is 4. The molecule has 0 spiro atoms. The fourth-order valence-electron chi connectivity index (χ4n) is 5.77. The third kappa shape index (κ3) is 13.0. The number of amides is 4. The van der Waals surface area contributed by atoms with Gasteiger partial charge in [0.1, 0.15) is 17.7 Å². The van der Waals surface area contributed by atoms with Crippen molar-refractivity contribution in [1.82, 2.24) is 31.2 Å². The standard InChI is InChI=1S/C23H22ClF2N3O2.C13H19N3O2.C4H10/c1-23(29-21(31)12-27-20(30)8-13-4-2-3-5-18(13)26)7-6-19-16(11-23)15-9-14(25)10-17(24)22(15)28-19;1-3-10(2)12(16-9-17)13(18)15-8-11-4-6-14-7-5-11;1-3-4-2/h2-5,9-10,28H,6-8,11-12H2,1H3,(H,27,30)(H,29,31);4-7,9-10,12H,3,8H2,1-2H3,(H,15,18)(H,16,17);3-4H2,1-2H3/t23-;10?,12-;/m00./s1. The van der Waals surface area contributed by atoms with Gasteiger partial charge in [0.25, 0.3) is 0 Å². The highest BCUT2D eigenvalue weighted by Crippen LogP contribution is 2.36. The van der Waals surface area contributed by atoms with Gasteiger partial charge in [0.05, 0.1) is 23.5 Å². The highest BCUT2D eigenvalue weighted by molar-refractivity contribution is 6.35. The molecule has 4 amide bonds. The number of nitrogens with zero attached hydrogens (tertiary/aromatic N) is 1. The molecule has 3 atom stereocenters. The van der Waals surface area contributed by atoms with Crippen molar-refractivity contribution in [3.63, 3.8) is 0 Å². The molecule has 2 heterocycles. The lowest BCUT2D eigenvalue weighted by atomic mass is 9.81. The molecule has 5 N–H and O–H groups in total. The summed E-state index contributed by atoms with van der Waals surface area (Å²) in [6, 6.07) is 12.0. The Morgan fingerprint density at radius 2 is 1.72 bits per heavy atom. The zero-order valence-electron chi connectivity index (χ0n) is 31.1. The Kier molecular flexibility index (Phi) is 16.9. The largest absolute Gasteiger partial charge is 0.357 e. The summed E-state index contributed by atoms with van der Waals surface area (Å²) in [6.07, 6.45) is 9.13. The van der Waals surface area contributed by atoms with E-state index < -0.39 is 29.1 Å². The topological polar surface area (TPSA) is 145 Å². The van der Waals surface area contributed by atoms with Crippen molar-refractivity contribution in [1.29, 1.82) is 0 Å². The molecule has 0 aliphatic heterocycles. The lowest BCUT2D eigenvalue weighted by molar-refractivity contribution is -0.126. The summed E-state index contributed by atoms with van der Waals surface area (Å²) in [6.45, 7) is 10.4. The molecule has 0 bridgehead atoms. The highest BCUT2D eigenvalue weighted by Gasteiger charge is 2.34. The maximum absolute atomic E-state index is 13.9. The minimum absolute atomic E-state index is 0.104. The van der Waals surface area contributed by atoms with Gasteiger partial charge in [-0.25, -0.2) is 8.78 Å². The van der Waals surface area contributed by atoms with Gasteiger partial charge in [-0.1, -0.05) is 76.8 Å². The molecule has 2 aromatic heterocycles. The minimum Gasteiger partial charge on any atom is -0.357 e. The van der Waals surface area contributed by atoms with Gasteiger partial charge < -0.3 is 26.3 Å². The SMILES string of the molecule is CCC(C)[C@H](NC=O)C(=O)NCc1ccncc1.CCCC.C[C@]1(NC(=O)CNC(=O)Cc2ccccc2F)CCc2[nH]c3c(Cl)cc(F)cc3c2C1. The molecular weight excluding hydrogens is 702 g/mol. The number of pyridine rings is 1. The number of benzene rings is 2. The monoisotopic (exact) mass is 752 g/mol. The zero-order valence-corrected chi connectivity index (χ0v) is 31.8. The molecule has 10 nitrogen and oxygen atoms in total. The summed E-state index contributed by atoms with van der Waals surface area (Å²) >= 11 is 6.17. The van der Waals surface area contributed by atoms with E-state index in [0.29, 0.717) is 42.8 Å². The van der Waals surface area contributed by atoms with Gasteiger partial charge in [0.2, 0.25) is 24.1 Å². The molecule has 4 aromatic rings. The van der Waals surface area contributed by atoms with E-state index in [-0.39, 0.29) is 36.3 Å². The van der Waals surface area contributed by atoms with Crippen LogP contribution >= 0.6 is 11.6 Å². The fourth-order valence-corrected chi connectivity index (χ4v) is 6.03. The summed E-state index contributed by atoms with van der Waals surface area (Å²) in [4.78, 5) is 54.2. The predicted octanol–water partition coefficient (Wildman–Crippen LogP) is 6.49. The number of hydrogen-bond acceptors (Lipinski definition) is 5. The van der Waals surface area contributed by atoms with E-state index in [1.54, 1.807) is 24.5 Å². The first kappa shape index (κ1) is 42.6. The summed E-state index contributed by atoms with van der Waals surface area (Å²) in [7, 11) is 0. The van der Waals surface area contributed by atoms with Gasteiger partial charge in [0, 0.05) is 35.6 Å². The average Bonchev–Trinajstić information content (AvgIpc) is 3.50. The van der Waals surface area contributed by atoms with Crippen LogP contribution in [0.25, 0.3) is 10.9 Å². The first-order valence-electron chi connectivity index (χ1n) is 18.0. The molecule has 0 saturated carbocycles. The maximum atomic E-state index is 13.9. The summed E-state index contributed by atoms with van der Waals surface area (Å²) in [5, 5.41) is 11.9. The van der Waals surface area contributed by atoms with Crippen LogP contribution in [0.15, 0.2) is 60.9 Å². The molecular formula is C40H51ClF2N6O4. The maximum Gasteiger partial charge on any atom is 0.243 e. The van der Waals surface area contributed by atoms with E-state index in [9.17, 15) is 28.0 Å². The molecule has 13 heteroatoms. The highest BCUT2D eigenvalue weighted by atomic mass is 35.5. The zero-order chi connectivity index (χ0) is 39.0. The first-order valence-corrected chi connectivity index (χ1v) is 18.4. The van der Waals surface area contributed by atoms with Crippen molar-refractivity contribution in [2.75, 3.05) is 6.54 Å². The number of nitrogens with one attached hydrogen (secondary N) is 5. The van der Waals surface area contributed by atoms with Gasteiger partial charge in [-0.2, -0.15) is 0 Å². The number of unbranched alkanes of at least 4 members (excludes halogenated alkanes) is 1. The van der Waals surface area contributed by atoms with Gasteiger partial charge in [-0.15, -0.1) is 0 Å². The molecule has 1 unspecified atom stereocenters. The van der Waals surface area contributed by atoms with E-state index in [1.165, 1.54) is 37.1 Å². The smallest absolute Gasteiger partial charge is 0.243 e. The quantitative estimate of drug-likeness (QED) is 0.0993. The van der Waals surface area contributed by atoms with Crippen LogP contribution in [0.2, 0.25) is 5.02 Å². The van der Waals surface area contributed by atoms with E-state index >= 15 is 0 Å². The number of halogens is 3. The molecule has 286 valence electrons. The van der Waals surface area contributed by atoms with Crippen molar-refractivity contribution < 1.29 is 28.0 Å². The van der Waals surface area contributed by atoms with Crippen LogP contribution < -0.4 is 21.3 Å². The second-order valence-electron chi connectivity index (χ2n) is 13.4. The number of fused-ring (bicyclic) bond motifs is 3. The Morgan fingerprint density at radius 3 is 2.36 bits per heavy atom. The lowest BCUT2D eigenvalue weighted by Crippen LogP contribution is -2.52. The fraction of sp³-hybridized carbons (Fsp3) is 0.425. The number of carbonyl (C=O) groups is 4. The Balaban J connectivity index is 0.000000292. The van der Waals surface area contributed by atoms with Crippen LogP contribution in [0.3, 0.4) is 0 Å². The van der Waals surface area contributed by atoms with Gasteiger partial charge in [0.15, 0.2) is 0 Å². The van der Waals surface area contributed by atoms with E-state index in [0.717, 1.165) is 28.6 Å². The van der Waals surface area contributed by atoms with Crippen molar-refractivity contribution in [3.05, 3.63) is 100.0 Å². The Morgan fingerprint density at radius 1 is 1.02 bits per heavy atom. The Labute approximate surface area is 315 Å². The predicted molar refractivity (Wildman–Crippen MR) is 204 cm³/mol. The van der Waals surface area contributed by atoms with E-state index in [2.05, 4.69) is 45.1 Å². The number of aryl methyl sites for hydroxylation is 1. The third-order valence-electron chi connectivity index (χ3n) is 9.17. The van der Waals surface area contributed by atoms with Crippen LogP contribution in [-0.2, 0) is 45.0 Å². The Bertz CT molecular complexity index is 1820. The van der Waals surface area contributed by atoms with Gasteiger partial charge >= 0.3 is 0 Å². The molecule has 53 heavy (non-hydrogen) atoms. The van der Waals surface area contributed by atoms with Crippen molar-refractivity contribution in [3.8, 4) is 0 Å². The van der Waals surface area contributed by atoms with E-state index in [4.69, 9.17) is 11.6 Å². The number of rotatable bonds is 13. The number of hydrogen-bond donors (Lipinski definition) is 5. The Hall–Kier alpha value is -4.84. The second-order valence-corrected chi connectivity index (χ2v) is 13.9. The van der Waals surface area contributed by atoms with Crippen LogP contribution in [0.4, 0.5) is 8.78 Å². The summed E-state index contributed by atoms with van der Waals surface area (Å²) < 4.78 is 27.5. The van der Waals surface area contributed by atoms with Gasteiger partial charge in [-0.3, -0.25) is 24.2 Å². The lowest BCUT2D eigenvalue weighted by Gasteiger charge is -2.34. The molecule has 0 radical (unpaired) electrons. The summed E-state index contributed by atoms with van der Waals surface area (Å²) in [5.74, 6) is -1.69. The van der Waals surface area contributed by atoms with Crippen LogP contribution in [-0.4, -0.2) is 52.2 Å². The molecule has 1 aliphatic rings. The minimum atomic E-state index is -0.547. The molecule has 1 aliphatic carbocycles. The van der Waals surface area contributed by atoms with Crippen molar-refractivity contribution in [2.45, 2.75) is 97.7 Å². The molecule has 2 aromatic carbocycles. The normalized spacial score (nSPS) is 15.6. The van der Waals surface area contributed by atoms with Gasteiger partial charge in [-0.05, 0) is 79.1 Å². The van der Waals surface area contributed by atoms with E-state index in [1.807, 2.05) is 32.9 Å². The third-order valence-corrected chi connectivity index (χ3v) is 9.47. The molecule has 0 saturated heterocycles. The van der Waals surface area contributed by atoms with Crippen LogP contribution in [0, 0.1) is 17.6 Å². The second kappa shape index (κ2) is 21.0. The molecule has 0 fully saturated rings. The van der Waals surface area contributed by atoms with Crippen LogP contribution in [0.5, 0.6) is 0 Å². The summed E-state index contributed by atoms with van der Waals surface area (Å²) in [5.41, 5.74) is 3.34. The first-order chi connectivity index (χ1) is 25.3.